The maximum atomic E-state index is 5.68. The molecule has 0 unspecified atom stereocenters. The first kappa shape index (κ1) is 15.2. The number of hydrogen-bond acceptors (Lipinski definition) is 2. The minimum Gasteiger partial charge on any atom is -0.468 e. The lowest BCUT2D eigenvalue weighted by molar-refractivity contribution is 0.387. The minimum absolute atomic E-state index is 0.547. The molecule has 122 valence electrons. The van der Waals surface area contributed by atoms with Gasteiger partial charge < -0.3 is 4.74 Å². The second-order valence-corrected chi connectivity index (χ2v) is 5.72. The van der Waals surface area contributed by atoms with Gasteiger partial charge in [-0.25, -0.2) is 0 Å². The van der Waals surface area contributed by atoms with E-state index in [1.807, 2.05) is 60.7 Å². The lowest BCUT2D eigenvalue weighted by atomic mass is 10.1. The van der Waals surface area contributed by atoms with Crippen molar-refractivity contribution in [3.63, 3.8) is 0 Å². The van der Waals surface area contributed by atoms with Crippen LogP contribution in [0.25, 0.3) is 22.2 Å². The first-order valence-electron chi connectivity index (χ1n) is 8.21. The average molecular weight is 326 g/mol. The van der Waals surface area contributed by atoms with E-state index in [9.17, 15) is 0 Å². The van der Waals surface area contributed by atoms with E-state index in [1.54, 1.807) is 7.11 Å². The van der Waals surface area contributed by atoms with Crippen LogP contribution in [0, 0.1) is 0 Å². The second-order valence-electron chi connectivity index (χ2n) is 5.72. The average Bonchev–Trinajstić information content (AvgIpc) is 3.07. The molecular weight excluding hydrogens is 308 g/mol. The van der Waals surface area contributed by atoms with Gasteiger partial charge in [0.15, 0.2) is 0 Å². The van der Waals surface area contributed by atoms with Crippen molar-refractivity contribution < 1.29 is 4.74 Å². The quantitative estimate of drug-likeness (QED) is 0.353. The normalized spacial score (nSPS) is 11.6. The number of nitrogens with zero attached hydrogens (tertiary/aromatic N) is 2. The Morgan fingerprint density at radius 1 is 0.800 bits per heavy atom. The van der Waals surface area contributed by atoms with Gasteiger partial charge in [0.2, 0.25) is 0 Å². The van der Waals surface area contributed by atoms with Crippen molar-refractivity contribution in [3.05, 3.63) is 91.0 Å². The van der Waals surface area contributed by atoms with Crippen molar-refractivity contribution in [3.8, 4) is 11.3 Å². The number of aliphatic imine (C=N–C) groups is 1. The van der Waals surface area contributed by atoms with Gasteiger partial charge in [0, 0.05) is 5.39 Å². The molecule has 4 rings (SSSR count). The van der Waals surface area contributed by atoms with Crippen LogP contribution in [0.3, 0.4) is 0 Å². The fraction of sp³-hybridized carbons (Fsp3) is 0.0455. The van der Waals surface area contributed by atoms with Crippen LogP contribution in [0.2, 0.25) is 0 Å². The number of aromatic nitrogens is 1. The lowest BCUT2D eigenvalue weighted by Gasteiger charge is -2.12. The van der Waals surface area contributed by atoms with Gasteiger partial charge in [-0.05, 0) is 29.8 Å². The molecule has 1 heterocycles. The van der Waals surface area contributed by atoms with Gasteiger partial charge in [-0.3, -0.25) is 4.57 Å². The molecule has 3 aromatic carbocycles. The van der Waals surface area contributed by atoms with E-state index in [4.69, 9.17) is 9.73 Å². The summed E-state index contributed by atoms with van der Waals surface area (Å²) in [6.07, 6.45) is 0. The molecule has 0 bridgehead atoms. The third-order valence-electron chi connectivity index (χ3n) is 4.14. The van der Waals surface area contributed by atoms with Crippen LogP contribution in [0.4, 0.5) is 5.69 Å². The Kier molecular flexibility index (Phi) is 4.05. The standard InChI is InChI=1S/C22H18N2O/c1-25-22(23-19-13-6-3-7-14-19)24-20-15-9-8-12-18(20)16-21(24)17-10-4-2-5-11-17/h2-16H,1H3. The van der Waals surface area contributed by atoms with Crippen molar-refractivity contribution in [1.82, 2.24) is 4.57 Å². The third-order valence-corrected chi connectivity index (χ3v) is 4.14. The Hall–Kier alpha value is -3.33. The summed E-state index contributed by atoms with van der Waals surface area (Å²) in [5.74, 6) is 0. The van der Waals surface area contributed by atoms with E-state index in [2.05, 4.69) is 34.9 Å². The SMILES string of the molecule is COC(=Nc1ccccc1)n1c(-c2ccccc2)cc2ccccc21. The maximum Gasteiger partial charge on any atom is 0.301 e. The first-order valence-corrected chi connectivity index (χ1v) is 8.21. The van der Waals surface area contributed by atoms with E-state index in [-0.39, 0.29) is 0 Å². The molecule has 0 amide bonds. The fourth-order valence-corrected chi connectivity index (χ4v) is 2.98. The molecule has 0 aliphatic carbocycles. The first-order chi connectivity index (χ1) is 12.4. The summed E-state index contributed by atoms with van der Waals surface area (Å²) >= 11 is 0. The predicted molar refractivity (Wildman–Crippen MR) is 103 cm³/mol. The predicted octanol–water partition coefficient (Wildman–Crippen LogP) is 5.49. The van der Waals surface area contributed by atoms with Crippen LogP contribution in [0.15, 0.2) is 96.0 Å². The molecule has 0 aliphatic rings. The highest BCUT2D eigenvalue weighted by molar-refractivity contribution is 5.98. The summed E-state index contributed by atoms with van der Waals surface area (Å²) < 4.78 is 7.75. The van der Waals surface area contributed by atoms with Crippen LogP contribution in [0.1, 0.15) is 0 Å². The summed E-state index contributed by atoms with van der Waals surface area (Å²) in [5, 5.41) is 1.15. The molecule has 0 spiro atoms. The molecule has 3 heteroatoms. The zero-order valence-corrected chi connectivity index (χ0v) is 14.0. The van der Waals surface area contributed by atoms with E-state index >= 15 is 0 Å². The van der Waals surface area contributed by atoms with Gasteiger partial charge in [0.1, 0.15) is 0 Å². The molecule has 0 radical (unpaired) electrons. The fourth-order valence-electron chi connectivity index (χ4n) is 2.98. The van der Waals surface area contributed by atoms with E-state index in [0.717, 1.165) is 27.8 Å². The Bertz CT molecular complexity index is 1020. The Labute approximate surface area is 146 Å². The highest BCUT2D eigenvalue weighted by Gasteiger charge is 2.15. The summed E-state index contributed by atoms with van der Waals surface area (Å²) in [6, 6.07) is 31.1. The number of rotatable bonds is 2. The van der Waals surface area contributed by atoms with E-state index in [1.165, 1.54) is 0 Å². The molecule has 0 saturated heterocycles. The van der Waals surface area contributed by atoms with Crippen LogP contribution in [-0.2, 0) is 4.74 Å². The maximum absolute atomic E-state index is 5.68. The van der Waals surface area contributed by atoms with Crippen LogP contribution < -0.4 is 0 Å². The van der Waals surface area contributed by atoms with E-state index < -0.39 is 0 Å². The van der Waals surface area contributed by atoms with Gasteiger partial charge in [-0.15, -0.1) is 0 Å². The van der Waals surface area contributed by atoms with Crippen molar-refractivity contribution in [2.24, 2.45) is 4.99 Å². The minimum atomic E-state index is 0.547. The molecule has 0 saturated carbocycles. The summed E-state index contributed by atoms with van der Waals surface area (Å²) in [7, 11) is 1.66. The van der Waals surface area contributed by atoms with E-state index in [0.29, 0.717) is 6.02 Å². The molecule has 4 aromatic rings. The van der Waals surface area contributed by atoms with Crippen molar-refractivity contribution in [2.45, 2.75) is 0 Å². The molecule has 0 fully saturated rings. The number of hydrogen-bond donors (Lipinski definition) is 0. The van der Waals surface area contributed by atoms with Crippen molar-refractivity contribution in [2.75, 3.05) is 7.11 Å². The van der Waals surface area contributed by atoms with Gasteiger partial charge in [0.05, 0.1) is 24.0 Å². The number of fused-ring (bicyclic) bond motifs is 1. The van der Waals surface area contributed by atoms with Crippen molar-refractivity contribution in [1.29, 1.82) is 0 Å². The Morgan fingerprint density at radius 3 is 2.16 bits per heavy atom. The molecular formula is C22H18N2O. The van der Waals surface area contributed by atoms with Crippen LogP contribution >= 0.6 is 0 Å². The number of ether oxygens (including phenoxy) is 1. The monoisotopic (exact) mass is 326 g/mol. The van der Waals surface area contributed by atoms with Crippen LogP contribution in [-0.4, -0.2) is 17.7 Å². The van der Waals surface area contributed by atoms with Gasteiger partial charge >= 0.3 is 6.02 Å². The zero-order valence-electron chi connectivity index (χ0n) is 14.0. The van der Waals surface area contributed by atoms with Gasteiger partial charge in [-0.1, -0.05) is 66.7 Å². The summed E-state index contributed by atoms with van der Waals surface area (Å²) in [4.78, 5) is 4.71. The lowest BCUT2D eigenvalue weighted by Crippen LogP contribution is -2.14. The zero-order chi connectivity index (χ0) is 17.1. The number of para-hydroxylation sites is 2. The van der Waals surface area contributed by atoms with Crippen molar-refractivity contribution >= 4 is 22.6 Å². The van der Waals surface area contributed by atoms with Crippen LogP contribution in [0.5, 0.6) is 0 Å². The summed E-state index contributed by atoms with van der Waals surface area (Å²) in [5.41, 5.74) is 4.10. The van der Waals surface area contributed by atoms with Gasteiger partial charge in [0.25, 0.3) is 0 Å². The molecule has 25 heavy (non-hydrogen) atoms. The highest BCUT2D eigenvalue weighted by Crippen LogP contribution is 2.29. The highest BCUT2D eigenvalue weighted by atomic mass is 16.5. The number of methoxy groups -OCH3 is 1. The smallest absolute Gasteiger partial charge is 0.301 e. The number of benzene rings is 3. The third kappa shape index (κ3) is 2.92. The topological polar surface area (TPSA) is 26.5 Å². The molecule has 0 N–H and O–H groups in total. The Balaban J connectivity index is 1.97. The largest absolute Gasteiger partial charge is 0.468 e. The van der Waals surface area contributed by atoms with Gasteiger partial charge in [-0.2, -0.15) is 4.99 Å². The second kappa shape index (κ2) is 6.65. The molecule has 1 aromatic heterocycles. The molecule has 3 nitrogen and oxygen atoms in total. The molecule has 0 aliphatic heterocycles. The molecule has 0 atom stereocenters. The Morgan fingerprint density at radius 2 is 1.44 bits per heavy atom. The summed E-state index contributed by atoms with van der Waals surface area (Å²) in [6.45, 7) is 0.